The molecule has 0 radical (unpaired) electrons. The van der Waals surface area contributed by atoms with Crippen LogP contribution in [0, 0.1) is 0 Å². The van der Waals surface area contributed by atoms with Crippen LogP contribution >= 0.6 is 0 Å². The third-order valence-corrected chi connectivity index (χ3v) is 16.1. The molecule has 0 unspecified atom stereocenters. The van der Waals surface area contributed by atoms with E-state index < -0.39 is 5.41 Å². The van der Waals surface area contributed by atoms with Crippen LogP contribution in [0.1, 0.15) is 33.4 Å². The van der Waals surface area contributed by atoms with Crippen molar-refractivity contribution in [3.8, 4) is 101 Å². The molecule has 13 aromatic rings. The highest BCUT2D eigenvalue weighted by molar-refractivity contribution is 6.13. The molecule has 76 heavy (non-hydrogen) atoms. The lowest BCUT2D eigenvalue weighted by molar-refractivity contribution is 0.461. The number of furan rings is 1. The van der Waals surface area contributed by atoms with Crippen LogP contribution in [0.5, 0.6) is 11.5 Å². The van der Waals surface area contributed by atoms with Gasteiger partial charge in [0.1, 0.15) is 22.7 Å². The maximum absolute atomic E-state index is 6.68. The summed E-state index contributed by atoms with van der Waals surface area (Å²) in [5, 5.41) is 1.93. The number of aromatic nitrogens is 3. The summed E-state index contributed by atoms with van der Waals surface area (Å²) in [6, 6.07) is 89.0. The Labute approximate surface area is 439 Å². The summed E-state index contributed by atoms with van der Waals surface area (Å²) in [5.74, 6) is 3.27. The van der Waals surface area contributed by atoms with Crippen LogP contribution in [-0.4, -0.2) is 15.0 Å². The number of para-hydroxylation sites is 2. The molecule has 2 aliphatic carbocycles. The van der Waals surface area contributed by atoms with Crippen LogP contribution in [0.15, 0.2) is 253 Å². The van der Waals surface area contributed by atoms with E-state index >= 15 is 0 Å². The SMILES string of the molecule is c1ccc(-c2ccc(-c3nc(-c4cccc5c4Oc4ccccc4C5)nc(-c4cccc5oc6ccc(-c7ccc(-c8ccc9c(c8)C8(c%10ccccc%10-c%10ccccc%108)c8ccccc8-9)cc7)cc6c45)n3)cc2)cc1. The van der Waals surface area contributed by atoms with Crippen molar-refractivity contribution in [2.24, 2.45) is 0 Å². The number of hydrogen-bond acceptors (Lipinski definition) is 5. The number of fused-ring (bicyclic) bond motifs is 15. The first-order chi connectivity index (χ1) is 37.6. The number of hydrogen-bond donors (Lipinski definition) is 0. The summed E-state index contributed by atoms with van der Waals surface area (Å²) >= 11 is 0. The van der Waals surface area contributed by atoms with Crippen LogP contribution < -0.4 is 4.74 Å². The van der Waals surface area contributed by atoms with Crippen molar-refractivity contribution < 1.29 is 9.15 Å². The molecule has 0 N–H and O–H groups in total. The van der Waals surface area contributed by atoms with E-state index in [4.69, 9.17) is 24.1 Å². The molecular formula is C71H43N3O2. The van der Waals surface area contributed by atoms with E-state index in [0.717, 1.165) is 89.9 Å². The molecule has 5 heteroatoms. The van der Waals surface area contributed by atoms with Gasteiger partial charge in [0.25, 0.3) is 0 Å². The first kappa shape index (κ1) is 42.5. The second-order valence-electron chi connectivity index (χ2n) is 20.1. The standard InChI is InChI=1S/C71H43N3O2/c1-2-14-43(15-3-1)44-32-34-47(35-33-44)68-72-69(74-70(73-68)57-22-12-17-51-40-50-16-4-11-26-63(50)76-67(51)57)56-21-13-27-65-66(56)58-41-48(37-39-64(58)75-65)45-28-30-46(31-29-45)49-36-38-55-54-20-7-10-25-61(54)71(62(55)42-49)59-23-8-5-18-52(59)53-19-6-9-24-60(53)71/h1-39,41-42H,40H2. The van der Waals surface area contributed by atoms with E-state index in [1.165, 1.54) is 55.6 Å². The fraction of sp³-hybridized carbons (Fsp3) is 0.0282. The molecule has 11 aromatic carbocycles. The summed E-state index contributed by atoms with van der Waals surface area (Å²) in [4.78, 5) is 15.8. The van der Waals surface area contributed by atoms with Crippen LogP contribution in [0.25, 0.3) is 112 Å². The second-order valence-corrected chi connectivity index (χ2v) is 20.1. The Kier molecular flexibility index (Phi) is 9.25. The summed E-state index contributed by atoms with van der Waals surface area (Å²) in [6.07, 6.45) is 0.755. The van der Waals surface area contributed by atoms with Crippen molar-refractivity contribution in [1.29, 1.82) is 0 Å². The monoisotopic (exact) mass is 969 g/mol. The van der Waals surface area contributed by atoms with Gasteiger partial charge in [0.2, 0.25) is 0 Å². The van der Waals surface area contributed by atoms with Crippen LogP contribution in [0.4, 0.5) is 0 Å². The number of rotatable bonds is 6. The molecule has 354 valence electrons. The smallest absolute Gasteiger partial charge is 0.167 e. The zero-order valence-corrected chi connectivity index (χ0v) is 41.0. The van der Waals surface area contributed by atoms with Gasteiger partial charge in [-0.25, -0.2) is 15.0 Å². The minimum Gasteiger partial charge on any atom is -0.456 e. The number of benzene rings is 11. The first-order valence-electron chi connectivity index (χ1n) is 25.9. The fourth-order valence-electron chi connectivity index (χ4n) is 12.6. The third-order valence-electron chi connectivity index (χ3n) is 16.1. The topological polar surface area (TPSA) is 61.0 Å². The third kappa shape index (κ3) is 6.36. The fourth-order valence-corrected chi connectivity index (χ4v) is 12.6. The summed E-state index contributed by atoms with van der Waals surface area (Å²) in [6.45, 7) is 0. The van der Waals surface area contributed by atoms with Gasteiger partial charge < -0.3 is 9.15 Å². The van der Waals surface area contributed by atoms with E-state index in [0.29, 0.717) is 17.5 Å². The van der Waals surface area contributed by atoms with Gasteiger partial charge in [0.05, 0.1) is 11.0 Å². The van der Waals surface area contributed by atoms with Crippen molar-refractivity contribution >= 4 is 21.9 Å². The molecule has 1 spiro atoms. The number of nitrogens with zero attached hydrogens (tertiary/aromatic N) is 3. The molecule has 3 heterocycles. The van der Waals surface area contributed by atoms with Crippen molar-refractivity contribution in [2.45, 2.75) is 11.8 Å². The molecule has 0 saturated heterocycles. The summed E-state index contributed by atoms with van der Waals surface area (Å²) < 4.78 is 13.3. The van der Waals surface area contributed by atoms with Gasteiger partial charge in [-0.3, -0.25) is 0 Å². The quantitative estimate of drug-likeness (QED) is 0.166. The van der Waals surface area contributed by atoms with E-state index in [-0.39, 0.29) is 0 Å². The van der Waals surface area contributed by atoms with Crippen molar-refractivity contribution in [2.75, 3.05) is 0 Å². The van der Waals surface area contributed by atoms with Crippen molar-refractivity contribution in [1.82, 2.24) is 15.0 Å². The summed E-state index contributed by atoms with van der Waals surface area (Å²) in [7, 11) is 0. The molecule has 0 bridgehead atoms. The zero-order valence-electron chi connectivity index (χ0n) is 41.0. The number of ether oxygens (including phenoxy) is 1. The minimum absolute atomic E-state index is 0.391. The molecule has 1 aliphatic heterocycles. The zero-order chi connectivity index (χ0) is 49.9. The van der Waals surface area contributed by atoms with Gasteiger partial charge in [-0.15, -0.1) is 0 Å². The van der Waals surface area contributed by atoms with Gasteiger partial charge in [-0.2, -0.15) is 0 Å². The Bertz CT molecular complexity index is 4450. The molecule has 16 rings (SSSR count). The Morgan fingerprint density at radius 2 is 0.803 bits per heavy atom. The highest BCUT2D eigenvalue weighted by Crippen LogP contribution is 2.63. The molecule has 0 saturated carbocycles. The maximum Gasteiger partial charge on any atom is 0.167 e. The average Bonchev–Trinajstić information content (AvgIpc) is 4.28. The predicted octanol–water partition coefficient (Wildman–Crippen LogP) is 17.8. The van der Waals surface area contributed by atoms with Gasteiger partial charge in [0.15, 0.2) is 17.5 Å². The van der Waals surface area contributed by atoms with Gasteiger partial charge in [-0.05, 0) is 120 Å². The Balaban J connectivity index is 0.798. The van der Waals surface area contributed by atoms with E-state index in [9.17, 15) is 0 Å². The van der Waals surface area contributed by atoms with Crippen molar-refractivity contribution in [3.05, 3.63) is 282 Å². The molecule has 0 atom stereocenters. The normalized spacial score (nSPS) is 13.2. The Hall–Kier alpha value is -9.97. The molecule has 5 nitrogen and oxygen atoms in total. The first-order valence-corrected chi connectivity index (χ1v) is 25.9. The molecule has 0 amide bonds. The van der Waals surface area contributed by atoms with Crippen LogP contribution in [0.3, 0.4) is 0 Å². The highest BCUT2D eigenvalue weighted by Gasteiger charge is 2.51. The maximum atomic E-state index is 6.68. The second kappa shape index (κ2) is 16.5. The lowest BCUT2D eigenvalue weighted by atomic mass is 9.70. The minimum atomic E-state index is -0.391. The molecular weight excluding hydrogens is 927 g/mol. The molecule has 3 aliphatic rings. The lowest BCUT2D eigenvalue weighted by Gasteiger charge is -2.30. The van der Waals surface area contributed by atoms with Crippen LogP contribution in [-0.2, 0) is 11.8 Å². The van der Waals surface area contributed by atoms with E-state index in [2.05, 4.69) is 212 Å². The predicted molar refractivity (Wildman–Crippen MR) is 305 cm³/mol. The molecule has 2 aromatic heterocycles. The highest BCUT2D eigenvalue weighted by atomic mass is 16.5. The average molecular weight is 970 g/mol. The van der Waals surface area contributed by atoms with Gasteiger partial charge in [-0.1, -0.05) is 212 Å². The summed E-state index contributed by atoms with van der Waals surface area (Å²) in [5.41, 5.74) is 23.4. The lowest BCUT2D eigenvalue weighted by Crippen LogP contribution is -2.25. The Morgan fingerprint density at radius 3 is 1.51 bits per heavy atom. The van der Waals surface area contributed by atoms with Gasteiger partial charge >= 0.3 is 0 Å². The largest absolute Gasteiger partial charge is 0.456 e. The van der Waals surface area contributed by atoms with Gasteiger partial charge in [0, 0.05) is 33.9 Å². The van der Waals surface area contributed by atoms with E-state index in [1.54, 1.807) is 0 Å². The molecule has 0 fully saturated rings. The van der Waals surface area contributed by atoms with Crippen molar-refractivity contribution in [3.63, 3.8) is 0 Å². The van der Waals surface area contributed by atoms with Crippen LogP contribution in [0.2, 0.25) is 0 Å². The van der Waals surface area contributed by atoms with E-state index in [1.807, 2.05) is 36.4 Å². The Morgan fingerprint density at radius 1 is 0.316 bits per heavy atom.